The topological polar surface area (TPSA) is 87.6 Å². The lowest BCUT2D eigenvalue weighted by Gasteiger charge is -2.35. The number of carbonyl (C=O) groups is 1. The molecule has 1 aromatic heterocycles. The molecule has 4 atom stereocenters. The molecule has 1 amide bonds. The van der Waals surface area contributed by atoms with E-state index in [0.29, 0.717) is 30.5 Å². The summed E-state index contributed by atoms with van der Waals surface area (Å²) in [6.45, 7) is 2.24. The first-order chi connectivity index (χ1) is 14.2. The molecule has 0 unspecified atom stereocenters. The second-order valence-corrected chi connectivity index (χ2v) is 8.42. The van der Waals surface area contributed by atoms with Crippen molar-refractivity contribution in [1.29, 1.82) is 0 Å². The molecule has 1 aliphatic carbocycles. The van der Waals surface area contributed by atoms with E-state index in [1.165, 1.54) is 5.56 Å². The van der Waals surface area contributed by atoms with Crippen LogP contribution in [0.25, 0.3) is 0 Å². The number of rotatable bonds is 4. The van der Waals surface area contributed by atoms with Crippen LogP contribution in [-0.2, 0) is 17.6 Å². The molecule has 3 heterocycles. The normalized spacial score (nSPS) is 27.8. The van der Waals surface area contributed by atoms with Crippen LogP contribution in [0.5, 0.6) is 5.75 Å². The van der Waals surface area contributed by atoms with Gasteiger partial charge in [-0.3, -0.25) is 9.78 Å². The van der Waals surface area contributed by atoms with Crippen molar-refractivity contribution < 1.29 is 14.6 Å². The van der Waals surface area contributed by atoms with E-state index < -0.39 is 6.10 Å². The molecule has 3 aliphatic rings. The molecule has 1 saturated heterocycles. The maximum absolute atomic E-state index is 12.9. The number of benzene rings is 1. The molecule has 0 bridgehead atoms. The number of hydrogen-bond acceptors (Lipinski definition) is 6. The number of aromatic nitrogens is 2. The Morgan fingerprint density at radius 3 is 2.93 bits per heavy atom. The Morgan fingerprint density at radius 2 is 2.10 bits per heavy atom. The van der Waals surface area contributed by atoms with E-state index in [-0.39, 0.29) is 11.9 Å². The first kappa shape index (κ1) is 18.4. The van der Waals surface area contributed by atoms with Crippen molar-refractivity contribution in [3.63, 3.8) is 0 Å². The highest BCUT2D eigenvalue weighted by molar-refractivity contribution is 5.79. The number of nitrogens with zero attached hydrogens (tertiary/aromatic N) is 3. The summed E-state index contributed by atoms with van der Waals surface area (Å²) < 4.78 is 5.55. The van der Waals surface area contributed by atoms with E-state index in [0.717, 1.165) is 43.9 Å². The van der Waals surface area contributed by atoms with Crippen molar-refractivity contribution in [2.24, 2.45) is 11.8 Å². The summed E-state index contributed by atoms with van der Waals surface area (Å²) in [6, 6.07) is 6.03. The fraction of sp³-hybridized carbons (Fsp3) is 0.500. The van der Waals surface area contributed by atoms with Crippen molar-refractivity contribution in [2.45, 2.75) is 37.8 Å². The first-order valence-electron chi connectivity index (χ1n) is 10.4. The zero-order valence-electron chi connectivity index (χ0n) is 16.3. The number of fused-ring (bicyclic) bond motifs is 2. The molecule has 5 rings (SSSR count). The summed E-state index contributed by atoms with van der Waals surface area (Å²) in [5.41, 5.74) is 2.25. The third-order valence-electron chi connectivity index (χ3n) is 6.50. The Bertz CT molecular complexity index is 891. The maximum atomic E-state index is 12.9. The molecule has 29 heavy (non-hydrogen) atoms. The van der Waals surface area contributed by atoms with Crippen molar-refractivity contribution in [3.8, 4) is 5.75 Å². The number of carbonyl (C=O) groups excluding carboxylic acids is 1. The minimum absolute atomic E-state index is 0.0558. The van der Waals surface area contributed by atoms with Gasteiger partial charge < -0.3 is 20.1 Å². The minimum atomic E-state index is -0.440. The van der Waals surface area contributed by atoms with Crippen LogP contribution >= 0.6 is 0 Å². The van der Waals surface area contributed by atoms with Crippen LogP contribution in [-0.4, -0.2) is 57.7 Å². The SMILES string of the molecule is O=C(Cc1ccc2c(c1)CCO2)N1C[C@H]2C[C@@H](Nc3cnccn3)[C@H](O)C[C@H]2C1. The van der Waals surface area contributed by atoms with Gasteiger partial charge in [0, 0.05) is 31.9 Å². The number of nitrogens with one attached hydrogen (secondary N) is 1. The highest BCUT2D eigenvalue weighted by Crippen LogP contribution is 2.37. The van der Waals surface area contributed by atoms with Gasteiger partial charge in [-0.05, 0) is 41.9 Å². The van der Waals surface area contributed by atoms with Crippen LogP contribution in [0.4, 0.5) is 5.82 Å². The molecule has 7 nitrogen and oxygen atoms in total. The Hall–Kier alpha value is -2.67. The molecule has 1 saturated carbocycles. The highest BCUT2D eigenvalue weighted by atomic mass is 16.5. The number of anilines is 1. The second kappa shape index (κ2) is 7.63. The molecule has 152 valence electrons. The van der Waals surface area contributed by atoms with Crippen LogP contribution in [0.2, 0.25) is 0 Å². The van der Waals surface area contributed by atoms with Crippen molar-refractivity contribution >= 4 is 11.7 Å². The van der Waals surface area contributed by atoms with Gasteiger partial charge in [0.05, 0.1) is 31.4 Å². The van der Waals surface area contributed by atoms with Gasteiger partial charge in [-0.25, -0.2) is 4.98 Å². The Kier molecular flexibility index (Phi) is 4.83. The standard InChI is InChI=1S/C22H26N4O3/c27-19-10-17-13-26(12-16(17)9-18(19)25-21-11-23-4-5-24-21)22(28)8-14-1-2-20-15(7-14)3-6-29-20/h1-2,4-5,7,11,16-19,27H,3,6,8-10,12-13H2,(H,24,25)/t16-,17+,18-,19-/m1/s1. The predicted molar refractivity (Wildman–Crippen MR) is 108 cm³/mol. The molecule has 2 N–H and O–H groups in total. The number of hydrogen-bond donors (Lipinski definition) is 2. The largest absolute Gasteiger partial charge is 0.493 e. The fourth-order valence-electron chi connectivity index (χ4n) is 4.99. The lowest BCUT2D eigenvalue weighted by molar-refractivity contribution is -0.129. The van der Waals surface area contributed by atoms with Gasteiger partial charge >= 0.3 is 0 Å². The predicted octanol–water partition coefficient (Wildman–Crippen LogP) is 1.66. The van der Waals surface area contributed by atoms with Crippen molar-refractivity contribution in [1.82, 2.24) is 14.9 Å². The number of ether oxygens (including phenoxy) is 1. The Balaban J connectivity index is 1.21. The van der Waals surface area contributed by atoms with E-state index in [1.807, 2.05) is 17.0 Å². The minimum Gasteiger partial charge on any atom is -0.493 e. The fourth-order valence-corrected chi connectivity index (χ4v) is 4.99. The van der Waals surface area contributed by atoms with Crippen molar-refractivity contribution in [3.05, 3.63) is 47.9 Å². The molecule has 0 spiro atoms. The molecule has 7 heteroatoms. The van der Waals surface area contributed by atoms with Gasteiger partial charge in [0.2, 0.25) is 5.91 Å². The second-order valence-electron chi connectivity index (χ2n) is 8.42. The van der Waals surface area contributed by atoms with Crippen LogP contribution in [0.15, 0.2) is 36.8 Å². The number of aliphatic hydroxyl groups excluding tert-OH is 1. The molecule has 1 aromatic carbocycles. The highest BCUT2D eigenvalue weighted by Gasteiger charge is 2.43. The maximum Gasteiger partial charge on any atom is 0.227 e. The Labute approximate surface area is 170 Å². The van der Waals surface area contributed by atoms with Gasteiger partial charge in [0.25, 0.3) is 0 Å². The third-order valence-corrected chi connectivity index (χ3v) is 6.50. The zero-order valence-corrected chi connectivity index (χ0v) is 16.3. The van der Waals surface area contributed by atoms with Crippen LogP contribution in [0.3, 0.4) is 0 Å². The van der Waals surface area contributed by atoms with Gasteiger partial charge in [-0.1, -0.05) is 12.1 Å². The van der Waals surface area contributed by atoms with Gasteiger partial charge in [0.1, 0.15) is 11.6 Å². The molecular formula is C22H26N4O3. The molecule has 2 fully saturated rings. The van der Waals surface area contributed by atoms with E-state index in [2.05, 4.69) is 21.4 Å². The van der Waals surface area contributed by atoms with Gasteiger partial charge in [0.15, 0.2) is 0 Å². The molecule has 2 aromatic rings. The molecule has 2 aliphatic heterocycles. The Morgan fingerprint density at radius 1 is 1.24 bits per heavy atom. The first-order valence-corrected chi connectivity index (χ1v) is 10.4. The molecular weight excluding hydrogens is 368 g/mol. The van der Waals surface area contributed by atoms with Crippen LogP contribution < -0.4 is 10.1 Å². The summed E-state index contributed by atoms with van der Waals surface area (Å²) in [7, 11) is 0. The quantitative estimate of drug-likeness (QED) is 0.820. The summed E-state index contributed by atoms with van der Waals surface area (Å²) in [6.07, 6.45) is 7.40. The summed E-state index contributed by atoms with van der Waals surface area (Å²) in [5, 5.41) is 13.9. The summed E-state index contributed by atoms with van der Waals surface area (Å²) in [5.74, 6) is 2.57. The summed E-state index contributed by atoms with van der Waals surface area (Å²) in [4.78, 5) is 23.2. The number of amides is 1. The van der Waals surface area contributed by atoms with Crippen LogP contribution in [0.1, 0.15) is 24.0 Å². The van der Waals surface area contributed by atoms with E-state index in [9.17, 15) is 9.90 Å². The van der Waals surface area contributed by atoms with E-state index in [4.69, 9.17) is 4.74 Å². The number of aliphatic hydroxyl groups is 1. The smallest absolute Gasteiger partial charge is 0.227 e. The van der Waals surface area contributed by atoms with Gasteiger partial charge in [-0.15, -0.1) is 0 Å². The number of likely N-dealkylation sites (tertiary alicyclic amines) is 1. The van der Waals surface area contributed by atoms with Crippen LogP contribution in [0, 0.1) is 11.8 Å². The van der Waals surface area contributed by atoms with E-state index in [1.54, 1.807) is 18.6 Å². The average Bonchev–Trinajstić information content (AvgIpc) is 3.35. The molecule has 0 radical (unpaired) electrons. The van der Waals surface area contributed by atoms with Gasteiger partial charge in [-0.2, -0.15) is 0 Å². The summed E-state index contributed by atoms with van der Waals surface area (Å²) >= 11 is 0. The monoisotopic (exact) mass is 394 g/mol. The average molecular weight is 394 g/mol. The van der Waals surface area contributed by atoms with E-state index >= 15 is 0 Å². The third kappa shape index (κ3) is 3.79. The zero-order chi connectivity index (χ0) is 19.8. The lowest BCUT2D eigenvalue weighted by atomic mass is 9.77. The lowest BCUT2D eigenvalue weighted by Crippen LogP contribution is -2.43. The van der Waals surface area contributed by atoms with Crippen molar-refractivity contribution in [2.75, 3.05) is 25.0 Å².